The third kappa shape index (κ3) is 11.3. The summed E-state index contributed by atoms with van der Waals surface area (Å²) in [5, 5.41) is -0.0338. The van der Waals surface area contributed by atoms with Crippen LogP contribution >= 0.6 is 15.2 Å². The quantitative estimate of drug-likeness (QED) is 0.0810. The minimum Gasteiger partial charge on any atom is -0.775 e. The van der Waals surface area contributed by atoms with E-state index in [4.69, 9.17) is 46.9 Å². The highest BCUT2D eigenvalue weighted by atomic mass is 31.2. The van der Waals surface area contributed by atoms with Gasteiger partial charge < -0.3 is 65.9 Å². The molecule has 0 fully saturated rings. The number of hydrogen-bond acceptors (Lipinski definition) is 14. The van der Waals surface area contributed by atoms with Crippen molar-refractivity contribution in [2.75, 3.05) is 95.5 Å². The molecule has 0 heterocycles. The molecule has 1 aliphatic carbocycles. The summed E-state index contributed by atoms with van der Waals surface area (Å²) in [5.41, 5.74) is 5.13. The van der Waals surface area contributed by atoms with E-state index in [1.165, 1.54) is 0 Å². The van der Waals surface area contributed by atoms with Crippen LogP contribution in [0.5, 0.6) is 23.0 Å². The molecule has 16 heteroatoms. The molecule has 316 valence electrons. The van der Waals surface area contributed by atoms with Crippen molar-refractivity contribution in [2.45, 2.75) is 25.7 Å². The second-order valence-corrected chi connectivity index (χ2v) is 17.2. The van der Waals surface area contributed by atoms with E-state index in [2.05, 4.69) is 0 Å². The van der Waals surface area contributed by atoms with Crippen molar-refractivity contribution in [3.05, 3.63) is 105 Å². The minimum atomic E-state index is -4.52. The van der Waals surface area contributed by atoms with Gasteiger partial charge in [0.05, 0.1) is 26.4 Å². The lowest BCUT2D eigenvalue weighted by atomic mass is 9.91. The van der Waals surface area contributed by atoms with Crippen LogP contribution in [0.1, 0.15) is 44.5 Å². The van der Waals surface area contributed by atoms with Gasteiger partial charge in [-0.05, 0) is 68.8 Å². The topological polar surface area (TPSA) is 173 Å². The molecule has 0 radical (unpaired) electrons. The monoisotopic (exact) mass is 842 g/mol. The van der Waals surface area contributed by atoms with Crippen LogP contribution in [0, 0.1) is 0 Å². The van der Waals surface area contributed by atoms with Crippen LogP contribution in [0.4, 0.5) is 0 Å². The van der Waals surface area contributed by atoms with Crippen molar-refractivity contribution in [1.82, 2.24) is 0 Å². The highest BCUT2D eigenvalue weighted by Gasteiger charge is 2.26. The zero-order chi connectivity index (χ0) is 41.7. The molecule has 2 atom stereocenters. The van der Waals surface area contributed by atoms with Gasteiger partial charge in [0.1, 0.15) is 49.4 Å². The molecule has 0 N–H and O–H groups in total. The van der Waals surface area contributed by atoms with Gasteiger partial charge in [-0.3, -0.25) is 0 Å². The van der Waals surface area contributed by atoms with E-state index in [9.17, 15) is 18.9 Å². The molecule has 58 heavy (non-hydrogen) atoms. The van der Waals surface area contributed by atoms with Gasteiger partial charge in [0.2, 0.25) is 0 Å². The Kier molecular flexibility index (Phi) is 16.8. The summed E-state index contributed by atoms with van der Waals surface area (Å²) in [5.74, 6) is 2.01. The maximum absolute atomic E-state index is 13.4. The van der Waals surface area contributed by atoms with Crippen LogP contribution in [-0.4, -0.2) is 95.5 Å². The lowest BCUT2D eigenvalue weighted by Gasteiger charge is -2.27. The van der Waals surface area contributed by atoms with Crippen molar-refractivity contribution in [3.8, 4) is 23.0 Å². The van der Waals surface area contributed by atoms with Gasteiger partial charge in [-0.25, -0.2) is 0 Å². The fraction of sp³-hybridized carbons (Fsp3) is 0.429. The molecule has 0 amide bonds. The van der Waals surface area contributed by atoms with E-state index in [-0.39, 0.29) is 89.1 Å². The average molecular weight is 843 g/mol. The Labute approximate surface area is 340 Å². The summed E-state index contributed by atoms with van der Waals surface area (Å²) in [6, 6.07) is 17.6. The summed E-state index contributed by atoms with van der Waals surface area (Å²) in [6.07, 6.45) is 0.731. The Hall–Kier alpha value is -3.78. The number of hydrogen-bond donors (Lipinski definition) is 0. The first-order chi connectivity index (χ1) is 28.0. The number of benzene rings is 4. The summed E-state index contributed by atoms with van der Waals surface area (Å²) >= 11 is 0. The van der Waals surface area contributed by atoms with Gasteiger partial charge in [-0.15, -0.1) is 0 Å². The van der Waals surface area contributed by atoms with E-state index < -0.39 is 15.2 Å². The predicted molar refractivity (Wildman–Crippen MR) is 215 cm³/mol. The molecule has 2 unspecified atom stereocenters. The largest absolute Gasteiger partial charge is 0.775 e. The lowest BCUT2D eigenvalue weighted by molar-refractivity contribution is -0.192. The van der Waals surface area contributed by atoms with E-state index in [0.717, 1.165) is 14.2 Å². The van der Waals surface area contributed by atoms with Crippen molar-refractivity contribution < 1.29 is 65.9 Å². The average Bonchev–Trinajstić information content (AvgIpc) is 3.21. The third-order valence-corrected chi connectivity index (χ3v) is 12.3. The highest BCUT2D eigenvalue weighted by Crippen LogP contribution is 2.43. The molecular weight excluding hydrogens is 790 g/mol. The van der Waals surface area contributed by atoms with Gasteiger partial charge in [0.25, 0.3) is 0 Å². The van der Waals surface area contributed by atoms with Gasteiger partial charge in [0.15, 0.2) is 15.2 Å². The summed E-state index contributed by atoms with van der Waals surface area (Å²) < 4.78 is 84.1. The van der Waals surface area contributed by atoms with Crippen LogP contribution in [-0.2, 0) is 62.8 Å². The first-order valence-corrected chi connectivity index (χ1v) is 21.8. The van der Waals surface area contributed by atoms with E-state index in [1.54, 1.807) is 52.7 Å². The minimum absolute atomic E-state index is 0.0169. The normalized spacial score (nSPS) is 14.6. The van der Waals surface area contributed by atoms with Crippen LogP contribution in [0.15, 0.2) is 60.7 Å². The van der Waals surface area contributed by atoms with Crippen LogP contribution in [0.2, 0.25) is 0 Å². The smallest absolute Gasteiger partial charge is 0.164 e. The Bertz CT molecular complexity index is 1850. The Balaban J connectivity index is 1.88. The fourth-order valence-electron chi connectivity index (χ4n) is 6.83. The van der Waals surface area contributed by atoms with Crippen molar-refractivity contribution in [2.24, 2.45) is 0 Å². The molecule has 5 rings (SSSR count). The molecule has 8 bridgehead atoms. The number of fused-ring (bicyclic) bond motifs is 8. The molecule has 0 saturated carbocycles. The van der Waals surface area contributed by atoms with Crippen LogP contribution in [0.3, 0.4) is 0 Å². The van der Waals surface area contributed by atoms with Crippen LogP contribution in [0.25, 0.3) is 0 Å². The van der Waals surface area contributed by atoms with E-state index in [0.29, 0.717) is 67.5 Å². The predicted octanol–water partition coefficient (Wildman–Crippen LogP) is 4.11. The third-order valence-electron chi connectivity index (χ3n) is 9.58. The molecule has 0 saturated heterocycles. The van der Waals surface area contributed by atoms with E-state index >= 15 is 0 Å². The molecule has 0 aliphatic heterocycles. The Morgan fingerprint density at radius 1 is 0.414 bits per heavy atom. The molecule has 0 aromatic heterocycles. The molecule has 1 aliphatic rings. The van der Waals surface area contributed by atoms with Crippen LogP contribution < -0.4 is 39.3 Å². The van der Waals surface area contributed by atoms with Gasteiger partial charge in [-0.2, -0.15) is 0 Å². The summed E-state index contributed by atoms with van der Waals surface area (Å²) in [6.45, 7) is 1.93. The highest BCUT2D eigenvalue weighted by molar-refractivity contribution is 7.60. The van der Waals surface area contributed by atoms with E-state index in [1.807, 2.05) is 36.4 Å². The number of rotatable bonds is 20. The van der Waals surface area contributed by atoms with Gasteiger partial charge in [0, 0.05) is 79.0 Å². The molecule has 4 aromatic rings. The van der Waals surface area contributed by atoms with Crippen molar-refractivity contribution >= 4 is 25.8 Å². The SMILES string of the molecule is COCCOc1c2cccc1Cc1cc(P(=O)([O-])OC)cc(c1OCCOC)Cc1cccc(c1OCCOC)Cc1cc(P(=O)([O-])OC)cc(c1OCCOC)C2. The van der Waals surface area contributed by atoms with Gasteiger partial charge in [-0.1, -0.05) is 36.4 Å². The maximum atomic E-state index is 13.4. The van der Waals surface area contributed by atoms with Crippen molar-refractivity contribution in [1.29, 1.82) is 0 Å². The number of ether oxygens (including phenoxy) is 8. The zero-order valence-corrected chi connectivity index (χ0v) is 35.7. The lowest BCUT2D eigenvalue weighted by Crippen LogP contribution is -2.20. The second-order valence-electron chi connectivity index (χ2n) is 13.4. The Morgan fingerprint density at radius 3 is 0.879 bits per heavy atom. The molecule has 4 aromatic carbocycles. The number of para-hydroxylation sites is 2. The molecular formula is C42H52O14P2-2. The summed E-state index contributed by atoms with van der Waals surface area (Å²) in [7, 11) is -0.460. The standard InChI is InChI=1S/C42H54O14P2/c1-47-13-17-53-39-29-9-7-10-30(39)22-34-26-38(58(45,46)52-6)28-36(42(34)56-20-16-50-4)24-32-12-8-11-31(40(32)54-18-14-48-2)23-35-27-37(57(43,44)51-5)25-33(21-29)41(35)55-19-15-49-3/h7-12,25-28H,13-24H2,1-6H3,(H,43,44)(H,45,46)/p-2. The number of methoxy groups -OCH3 is 4. The van der Waals surface area contributed by atoms with Crippen molar-refractivity contribution in [3.63, 3.8) is 0 Å². The maximum Gasteiger partial charge on any atom is 0.164 e. The van der Waals surface area contributed by atoms with Gasteiger partial charge >= 0.3 is 0 Å². The fourth-order valence-corrected chi connectivity index (χ4v) is 8.51. The second kappa shape index (κ2) is 21.5. The first kappa shape index (κ1) is 45.3. The zero-order valence-electron chi connectivity index (χ0n) is 33.9. The molecule has 0 spiro atoms. The molecule has 14 nitrogen and oxygen atoms in total. The Morgan fingerprint density at radius 2 is 0.655 bits per heavy atom. The summed E-state index contributed by atoms with van der Waals surface area (Å²) in [4.78, 5) is 26.9. The first-order valence-electron chi connectivity index (χ1n) is 18.7.